The molecule has 0 fully saturated rings. The minimum absolute atomic E-state index is 0.496. The van der Waals surface area contributed by atoms with E-state index in [0.717, 1.165) is 5.52 Å². The lowest BCUT2D eigenvalue weighted by atomic mass is 10.0. The fourth-order valence-corrected chi connectivity index (χ4v) is 1.85. The number of fused-ring (bicyclic) bond motifs is 1. The summed E-state index contributed by atoms with van der Waals surface area (Å²) < 4.78 is 0. The number of nitrogens with zero attached hydrogens (tertiary/aromatic N) is 4. The molecule has 1 N–H and O–H groups in total. The molecule has 1 aromatic carbocycles. The Bertz CT molecular complexity index is 667. The van der Waals surface area contributed by atoms with Crippen LogP contribution in [0.4, 0.5) is 0 Å². The maximum absolute atomic E-state index is 10.3. The zero-order valence-electron chi connectivity index (χ0n) is 9.43. The van der Waals surface area contributed by atoms with Crippen LogP contribution in [0, 0.1) is 0 Å². The highest BCUT2D eigenvalue weighted by Crippen LogP contribution is 2.24. The minimum atomic E-state index is -0.848. The molecule has 0 aliphatic rings. The van der Waals surface area contributed by atoms with E-state index in [4.69, 9.17) is 0 Å². The number of hydrogen-bond donors (Lipinski definition) is 1. The van der Waals surface area contributed by atoms with Gasteiger partial charge in [-0.05, 0) is 6.07 Å². The Labute approximate surface area is 103 Å². The number of aliphatic hydroxyl groups excluding tert-OH is 1. The van der Waals surface area contributed by atoms with E-state index < -0.39 is 6.10 Å². The second-order valence-electron chi connectivity index (χ2n) is 3.80. The van der Waals surface area contributed by atoms with Gasteiger partial charge in [0.2, 0.25) is 0 Å². The van der Waals surface area contributed by atoms with Crippen molar-refractivity contribution < 1.29 is 5.11 Å². The standard InChI is InChI=1S/C13H10N4O/c18-13(11-8-14-4-5-16-11)9-2-1-3-10-12(9)17-7-6-15-10/h1-8,13,18H. The van der Waals surface area contributed by atoms with Crippen molar-refractivity contribution in [1.82, 2.24) is 19.9 Å². The number of aromatic nitrogens is 4. The Kier molecular flexibility index (Phi) is 2.66. The molecule has 0 spiro atoms. The number of aliphatic hydroxyl groups is 1. The van der Waals surface area contributed by atoms with Crippen LogP contribution in [0.25, 0.3) is 11.0 Å². The number of rotatable bonds is 2. The molecule has 0 radical (unpaired) electrons. The molecule has 0 saturated carbocycles. The quantitative estimate of drug-likeness (QED) is 0.732. The second kappa shape index (κ2) is 4.46. The molecule has 18 heavy (non-hydrogen) atoms. The second-order valence-corrected chi connectivity index (χ2v) is 3.80. The van der Waals surface area contributed by atoms with E-state index in [-0.39, 0.29) is 0 Å². The molecule has 0 amide bonds. The van der Waals surface area contributed by atoms with Crippen LogP contribution in [-0.2, 0) is 0 Å². The molecule has 0 bridgehead atoms. The van der Waals surface area contributed by atoms with Gasteiger partial charge in [0.1, 0.15) is 6.10 Å². The first-order valence-electron chi connectivity index (χ1n) is 5.50. The molecule has 2 heterocycles. The highest BCUT2D eigenvalue weighted by molar-refractivity contribution is 5.78. The van der Waals surface area contributed by atoms with E-state index in [2.05, 4.69) is 19.9 Å². The van der Waals surface area contributed by atoms with E-state index in [9.17, 15) is 5.11 Å². The molecule has 1 atom stereocenters. The molecule has 2 aromatic heterocycles. The topological polar surface area (TPSA) is 71.8 Å². The smallest absolute Gasteiger partial charge is 0.125 e. The summed E-state index contributed by atoms with van der Waals surface area (Å²) in [7, 11) is 0. The third kappa shape index (κ3) is 1.80. The minimum Gasteiger partial charge on any atom is -0.382 e. The number of benzene rings is 1. The van der Waals surface area contributed by atoms with Crippen LogP contribution in [-0.4, -0.2) is 25.0 Å². The summed E-state index contributed by atoms with van der Waals surface area (Å²) >= 11 is 0. The SMILES string of the molecule is OC(c1cnccn1)c1cccc2nccnc12. The maximum atomic E-state index is 10.3. The van der Waals surface area contributed by atoms with Crippen molar-refractivity contribution in [1.29, 1.82) is 0 Å². The third-order valence-corrected chi connectivity index (χ3v) is 2.69. The Hall–Kier alpha value is -2.40. The van der Waals surface area contributed by atoms with Crippen LogP contribution in [0.15, 0.2) is 49.2 Å². The molecular formula is C13H10N4O. The van der Waals surface area contributed by atoms with Crippen LogP contribution in [0.2, 0.25) is 0 Å². The van der Waals surface area contributed by atoms with Gasteiger partial charge in [0, 0.05) is 30.4 Å². The maximum Gasteiger partial charge on any atom is 0.125 e. The zero-order valence-corrected chi connectivity index (χ0v) is 9.43. The summed E-state index contributed by atoms with van der Waals surface area (Å²) in [6.45, 7) is 0. The summed E-state index contributed by atoms with van der Waals surface area (Å²) in [5.74, 6) is 0. The highest BCUT2D eigenvalue weighted by atomic mass is 16.3. The molecule has 5 nitrogen and oxygen atoms in total. The molecule has 3 rings (SSSR count). The van der Waals surface area contributed by atoms with Gasteiger partial charge in [-0.2, -0.15) is 0 Å². The van der Waals surface area contributed by atoms with Gasteiger partial charge in [0.25, 0.3) is 0 Å². The van der Waals surface area contributed by atoms with Crippen LogP contribution >= 0.6 is 0 Å². The van der Waals surface area contributed by atoms with Gasteiger partial charge in [-0.15, -0.1) is 0 Å². The molecule has 0 saturated heterocycles. The molecule has 1 unspecified atom stereocenters. The van der Waals surface area contributed by atoms with Crippen LogP contribution in [0.5, 0.6) is 0 Å². The van der Waals surface area contributed by atoms with E-state index in [1.807, 2.05) is 18.2 Å². The predicted molar refractivity (Wildman–Crippen MR) is 65.6 cm³/mol. The molecule has 0 aliphatic heterocycles. The first-order chi connectivity index (χ1) is 8.86. The predicted octanol–water partition coefficient (Wildman–Crippen LogP) is 1.50. The summed E-state index contributed by atoms with van der Waals surface area (Å²) in [4.78, 5) is 16.5. The summed E-state index contributed by atoms with van der Waals surface area (Å²) in [5.41, 5.74) is 2.60. The summed E-state index contributed by atoms with van der Waals surface area (Å²) in [5, 5.41) is 10.3. The molecule has 0 aliphatic carbocycles. The molecule has 3 aromatic rings. The van der Waals surface area contributed by atoms with Gasteiger partial charge < -0.3 is 5.11 Å². The van der Waals surface area contributed by atoms with E-state index in [1.54, 1.807) is 31.0 Å². The zero-order chi connectivity index (χ0) is 12.4. The fourth-order valence-electron chi connectivity index (χ4n) is 1.85. The van der Waals surface area contributed by atoms with E-state index in [0.29, 0.717) is 16.8 Å². The van der Waals surface area contributed by atoms with Gasteiger partial charge in [0.05, 0.1) is 22.9 Å². The van der Waals surface area contributed by atoms with Crippen molar-refractivity contribution in [3.63, 3.8) is 0 Å². The Morgan fingerprint density at radius 2 is 1.78 bits per heavy atom. The van der Waals surface area contributed by atoms with Crippen molar-refractivity contribution in [2.45, 2.75) is 6.10 Å². The Morgan fingerprint density at radius 1 is 0.944 bits per heavy atom. The molecule has 88 valence electrons. The third-order valence-electron chi connectivity index (χ3n) is 2.69. The van der Waals surface area contributed by atoms with Gasteiger partial charge in [-0.1, -0.05) is 12.1 Å². The highest BCUT2D eigenvalue weighted by Gasteiger charge is 2.15. The van der Waals surface area contributed by atoms with Gasteiger partial charge in [0.15, 0.2) is 0 Å². The largest absolute Gasteiger partial charge is 0.382 e. The molecule has 5 heteroatoms. The van der Waals surface area contributed by atoms with E-state index in [1.165, 1.54) is 0 Å². The average Bonchev–Trinajstić information content (AvgIpc) is 2.47. The lowest BCUT2D eigenvalue weighted by molar-refractivity contribution is 0.216. The van der Waals surface area contributed by atoms with Crippen LogP contribution in [0.1, 0.15) is 17.4 Å². The normalized spacial score (nSPS) is 12.5. The monoisotopic (exact) mass is 238 g/mol. The van der Waals surface area contributed by atoms with Crippen LogP contribution < -0.4 is 0 Å². The fraction of sp³-hybridized carbons (Fsp3) is 0.0769. The lowest BCUT2D eigenvalue weighted by Gasteiger charge is -2.11. The van der Waals surface area contributed by atoms with Gasteiger partial charge in [-0.3, -0.25) is 19.9 Å². The lowest BCUT2D eigenvalue weighted by Crippen LogP contribution is -2.04. The Balaban J connectivity index is 2.15. The van der Waals surface area contributed by atoms with E-state index >= 15 is 0 Å². The number of para-hydroxylation sites is 1. The van der Waals surface area contributed by atoms with Crippen molar-refractivity contribution in [3.05, 3.63) is 60.4 Å². The Morgan fingerprint density at radius 3 is 2.61 bits per heavy atom. The van der Waals surface area contributed by atoms with Crippen molar-refractivity contribution >= 4 is 11.0 Å². The first kappa shape index (κ1) is 10.7. The molecular weight excluding hydrogens is 228 g/mol. The van der Waals surface area contributed by atoms with Gasteiger partial charge >= 0.3 is 0 Å². The van der Waals surface area contributed by atoms with Crippen molar-refractivity contribution in [3.8, 4) is 0 Å². The average molecular weight is 238 g/mol. The van der Waals surface area contributed by atoms with Gasteiger partial charge in [-0.25, -0.2) is 0 Å². The summed E-state index contributed by atoms with van der Waals surface area (Å²) in [6, 6.07) is 5.51. The van der Waals surface area contributed by atoms with Crippen molar-refractivity contribution in [2.24, 2.45) is 0 Å². The van der Waals surface area contributed by atoms with Crippen LogP contribution in [0.3, 0.4) is 0 Å². The first-order valence-corrected chi connectivity index (χ1v) is 5.50. The summed E-state index contributed by atoms with van der Waals surface area (Å²) in [6.07, 6.45) is 7.05. The van der Waals surface area contributed by atoms with Crippen molar-refractivity contribution in [2.75, 3.05) is 0 Å². The number of hydrogen-bond acceptors (Lipinski definition) is 5.